The van der Waals surface area contributed by atoms with E-state index < -0.39 is 0 Å². The summed E-state index contributed by atoms with van der Waals surface area (Å²) >= 11 is 0. The second-order valence-electron chi connectivity index (χ2n) is 5.93. The number of ketones is 1. The first-order chi connectivity index (χ1) is 12.1. The van der Waals surface area contributed by atoms with Gasteiger partial charge in [-0.3, -0.25) is 4.79 Å². The van der Waals surface area contributed by atoms with Gasteiger partial charge in [0.1, 0.15) is 29.2 Å². The summed E-state index contributed by atoms with van der Waals surface area (Å²) in [7, 11) is 0. The van der Waals surface area contributed by atoms with Gasteiger partial charge < -0.3 is 9.47 Å². The maximum absolute atomic E-state index is 12.6. The maximum atomic E-state index is 12.6. The van der Waals surface area contributed by atoms with Crippen molar-refractivity contribution in [1.29, 1.82) is 5.26 Å². The van der Waals surface area contributed by atoms with Gasteiger partial charge in [0.05, 0.1) is 6.61 Å². The predicted molar refractivity (Wildman–Crippen MR) is 95.8 cm³/mol. The number of nitrogens with zero attached hydrogens (tertiary/aromatic N) is 1. The molecule has 0 fully saturated rings. The Morgan fingerprint density at radius 2 is 2.12 bits per heavy atom. The van der Waals surface area contributed by atoms with E-state index >= 15 is 0 Å². The molecule has 1 aliphatic rings. The standard InChI is InChI=1S/C21H19NO3/c1-3-24-19-11-16-9-14(2)25-20(16)12-17(19)10-18(13-22)21(23)15-7-5-4-6-8-15/h4-8,10-12,14H,3,9H2,1-2H3/b18-10+/t14-/m0/s1. The molecule has 0 aliphatic carbocycles. The van der Waals surface area contributed by atoms with E-state index in [9.17, 15) is 10.1 Å². The third kappa shape index (κ3) is 3.56. The summed E-state index contributed by atoms with van der Waals surface area (Å²) in [5.41, 5.74) is 2.31. The van der Waals surface area contributed by atoms with Gasteiger partial charge in [-0.15, -0.1) is 0 Å². The van der Waals surface area contributed by atoms with Crippen LogP contribution >= 0.6 is 0 Å². The summed E-state index contributed by atoms with van der Waals surface area (Å²) in [4.78, 5) is 12.6. The van der Waals surface area contributed by atoms with Gasteiger partial charge in [-0.1, -0.05) is 30.3 Å². The van der Waals surface area contributed by atoms with Crippen LogP contribution in [0.2, 0.25) is 0 Å². The molecule has 1 atom stereocenters. The molecule has 0 unspecified atom stereocenters. The number of rotatable bonds is 5. The highest BCUT2D eigenvalue weighted by molar-refractivity contribution is 6.14. The van der Waals surface area contributed by atoms with Crippen molar-refractivity contribution in [2.24, 2.45) is 0 Å². The lowest BCUT2D eigenvalue weighted by Crippen LogP contribution is -2.05. The van der Waals surface area contributed by atoms with Crippen molar-refractivity contribution in [3.8, 4) is 17.6 Å². The van der Waals surface area contributed by atoms with E-state index in [2.05, 4.69) is 0 Å². The van der Waals surface area contributed by atoms with Gasteiger partial charge >= 0.3 is 0 Å². The highest BCUT2D eigenvalue weighted by atomic mass is 16.5. The number of allylic oxidation sites excluding steroid dienone is 1. The van der Waals surface area contributed by atoms with Crippen LogP contribution in [-0.4, -0.2) is 18.5 Å². The first kappa shape index (κ1) is 16.8. The molecular formula is C21H19NO3. The van der Waals surface area contributed by atoms with E-state index in [1.165, 1.54) is 0 Å². The molecule has 0 saturated heterocycles. The lowest BCUT2D eigenvalue weighted by molar-refractivity contribution is 0.104. The van der Waals surface area contributed by atoms with E-state index in [1.54, 1.807) is 30.3 Å². The number of carbonyl (C=O) groups is 1. The normalized spacial score (nSPS) is 15.9. The second kappa shape index (κ2) is 7.23. The molecule has 1 aliphatic heterocycles. The minimum atomic E-state index is -0.305. The molecule has 0 N–H and O–H groups in total. The number of fused-ring (bicyclic) bond motifs is 1. The SMILES string of the molecule is CCOc1cc2c(cc1/C=C(\C#N)C(=O)c1ccccc1)O[C@@H](C)C2. The number of carbonyl (C=O) groups excluding carboxylic acids is 1. The number of benzene rings is 2. The predicted octanol–water partition coefficient (Wildman–Crippen LogP) is 4.20. The molecule has 0 bridgehead atoms. The summed E-state index contributed by atoms with van der Waals surface area (Å²) in [6.07, 6.45) is 2.52. The van der Waals surface area contributed by atoms with Crippen LogP contribution < -0.4 is 9.47 Å². The van der Waals surface area contributed by atoms with Crippen molar-refractivity contribution < 1.29 is 14.3 Å². The Kier molecular flexibility index (Phi) is 4.85. The first-order valence-electron chi connectivity index (χ1n) is 8.30. The number of hydrogen-bond acceptors (Lipinski definition) is 4. The van der Waals surface area contributed by atoms with Crippen LogP contribution in [0.5, 0.6) is 11.5 Å². The van der Waals surface area contributed by atoms with E-state index in [4.69, 9.17) is 9.47 Å². The van der Waals surface area contributed by atoms with Crippen LogP contribution in [-0.2, 0) is 6.42 Å². The Labute approximate surface area is 147 Å². The zero-order chi connectivity index (χ0) is 17.8. The molecule has 2 aromatic carbocycles. The van der Waals surface area contributed by atoms with Gasteiger partial charge in [0, 0.05) is 23.1 Å². The summed E-state index contributed by atoms with van der Waals surface area (Å²) < 4.78 is 11.5. The quantitative estimate of drug-likeness (QED) is 0.467. The van der Waals surface area contributed by atoms with Crippen LogP contribution in [0.3, 0.4) is 0 Å². The molecule has 0 spiro atoms. The van der Waals surface area contributed by atoms with Gasteiger partial charge in [-0.25, -0.2) is 0 Å². The Balaban J connectivity index is 2.02. The van der Waals surface area contributed by atoms with Crippen LogP contribution in [0.4, 0.5) is 0 Å². The van der Waals surface area contributed by atoms with Gasteiger partial charge in [0.15, 0.2) is 0 Å². The van der Waals surface area contributed by atoms with Crippen molar-refractivity contribution in [1.82, 2.24) is 0 Å². The summed E-state index contributed by atoms with van der Waals surface area (Å²) in [6.45, 7) is 4.42. The molecule has 0 radical (unpaired) electrons. The molecule has 3 rings (SSSR count). The molecule has 25 heavy (non-hydrogen) atoms. The van der Waals surface area contributed by atoms with Crippen LogP contribution in [0.25, 0.3) is 6.08 Å². The number of nitriles is 1. The molecule has 0 aromatic heterocycles. The van der Waals surface area contributed by atoms with Crippen molar-refractivity contribution in [2.75, 3.05) is 6.61 Å². The largest absolute Gasteiger partial charge is 0.493 e. The van der Waals surface area contributed by atoms with Gasteiger partial charge in [0.25, 0.3) is 0 Å². The Morgan fingerprint density at radius 1 is 1.36 bits per heavy atom. The number of Topliss-reactive ketones (excluding diaryl/α,β-unsaturated/α-hetero) is 1. The van der Waals surface area contributed by atoms with Gasteiger partial charge in [-0.2, -0.15) is 5.26 Å². The van der Waals surface area contributed by atoms with E-state index in [-0.39, 0.29) is 17.5 Å². The minimum absolute atomic E-state index is 0.0677. The first-order valence-corrected chi connectivity index (χ1v) is 8.30. The summed E-state index contributed by atoms with van der Waals surface area (Å²) in [5.74, 6) is 1.14. The molecule has 4 heteroatoms. The maximum Gasteiger partial charge on any atom is 0.203 e. The fraction of sp³-hybridized carbons (Fsp3) is 0.238. The van der Waals surface area contributed by atoms with E-state index in [1.807, 2.05) is 38.1 Å². The van der Waals surface area contributed by atoms with E-state index in [0.29, 0.717) is 23.5 Å². The van der Waals surface area contributed by atoms with Gasteiger partial charge in [0.2, 0.25) is 5.78 Å². The number of ether oxygens (including phenoxy) is 2. The average molecular weight is 333 g/mol. The molecule has 0 saturated carbocycles. The Bertz CT molecular complexity index is 863. The average Bonchev–Trinajstić information content (AvgIpc) is 2.99. The Morgan fingerprint density at radius 3 is 2.80 bits per heavy atom. The van der Waals surface area contributed by atoms with Crippen molar-refractivity contribution in [3.63, 3.8) is 0 Å². The zero-order valence-corrected chi connectivity index (χ0v) is 14.3. The van der Waals surface area contributed by atoms with Crippen LogP contribution in [0, 0.1) is 11.3 Å². The minimum Gasteiger partial charge on any atom is -0.493 e. The molecule has 2 aromatic rings. The Hall–Kier alpha value is -3.06. The second-order valence-corrected chi connectivity index (χ2v) is 5.93. The summed E-state index contributed by atoms with van der Waals surface area (Å²) in [6, 6.07) is 14.6. The highest BCUT2D eigenvalue weighted by Gasteiger charge is 2.22. The number of hydrogen-bond donors (Lipinski definition) is 0. The third-order valence-corrected chi connectivity index (χ3v) is 4.03. The molecule has 4 nitrogen and oxygen atoms in total. The zero-order valence-electron chi connectivity index (χ0n) is 14.3. The topological polar surface area (TPSA) is 59.3 Å². The smallest absolute Gasteiger partial charge is 0.203 e. The van der Waals surface area contributed by atoms with Gasteiger partial charge in [-0.05, 0) is 32.1 Å². The fourth-order valence-electron chi connectivity index (χ4n) is 2.90. The lowest BCUT2D eigenvalue weighted by atomic mass is 10.00. The molecule has 126 valence electrons. The highest BCUT2D eigenvalue weighted by Crippen LogP contribution is 2.36. The van der Waals surface area contributed by atoms with Crippen molar-refractivity contribution >= 4 is 11.9 Å². The summed E-state index contributed by atoms with van der Waals surface area (Å²) in [5, 5.41) is 9.46. The van der Waals surface area contributed by atoms with E-state index in [0.717, 1.165) is 17.7 Å². The molecular weight excluding hydrogens is 314 g/mol. The molecule has 0 amide bonds. The van der Waals surface area contributed by atoms with Crippen molar-refractivity contribution in [3.05, 3.63) is 64.7 Å². The van der Waals surface area contributed by atoms with Crippen LogP contribution in [0.1, 0.15) is 35.3 Å². The molecule has 1 heterocycles. The lowest BCUT2D eigenvalue weighted by Gasteiger charge is -2.10. The van der Waals surface area contributed by atoms with Crippen molar-refractivity contribution in [2.45, 2.75) is 26.4 Å². The fourth-order valence-corrected chi connectivity index (χ4v) is 2.90. The third-order valence-electron chi connectivity index (χ3n) is 4.03. The van der Waals surface area contributed by atoms with Crippen LogP contribution in [0.15, 0.2) is 48.0 Å². The monoisotopic (exact) mass is 333 g/mol.